The van der Waals surface area contributed by atoms with Gasteiger partial charge in [0.15, 0.2) is 0 Å². The van der Waals surface area contributed by atoms with Gasteiger partial charge in [0.2, 0.25) is 0 Å². The summed E-state index contributed by atoms with van der Waals surface area (Å²) in [6, 6.07) is 5.08. The molecule has 19 heavy (non-hydrogen) atoms. The van der Waals surface area contributed by atoms with Crippen LogP contribution in [-0.2, 0) is 11.2 Å². The van der Waals surface area contributed by atoms with Gasteiger partial charge in [-0.2, -0.15) is 0 Å². The second kappa shape index (κ2) is 5.19. The number of aryl methyl sites for hydroxylation is 2. The molecular weight excluding hydrogens is 244 g/mol. The molecular formula is C13H16N4O2. The normalized spacial score (nSPS) is 12.4. The minimum atomic E-state index is -1.04. The van der Waals surface area contributed by atoms with Crippen molar-refractivity contribution in [2.75, 3.05) is 0 Å². The number of aromatic nitrogens is 3. The summed E-state index contributed by atoms with van der Waals surface area (Å²) in [5, 5.41) is 16.7. The first-order valence-corrected chi connectivity index (χ1v) is 5.94. The fourth-order valence-corrected chi connectivity index (χ4v) is 1.79. The Morgan fingerprint density at radius 2 is 2.21 bits per heavy atom. The maximum absolute atomic E-state index is 10.7. The van der Waals surface area contributed by atoms with Gasteiger partial charge in [-0.05, 0) is 31.0 Å². The summed E-state index contributed by atoms with van der Waals surface area (Å²) in [5.41, 5.74) is 9.17. The molecule has 0 amide bonds. The van der Waals surface area contributed by atoms with E-state index in [0.29, 0.717) is 5.69 Å². The van der Waals surface area contributed by atoms with Gasteiger partial charge >= 0.3 is 5.97 Å². The molecule has 2 rings (SSSR count). The Kier molecular flexibility index (Phi) is 3.62. The van der Waals surface area contributed by atoms with E-state index in [1.54, 1.807) is 10.9 Å². The zero-order valence-corrected chi connectivity index (χ0v) is 10.9. The molecule has 0 saturated carbocycles. The van der Waals surface area contributed by atoms with Crippen molar-refractivity contribution in [3.8, 4) is 5.69 Å². The van der Waals surface area contributed by atoms with Crippen LogP contribution in [0.1, 0.15) is 16.8 Å². The predicted octanol–water partition coefficient (Wildman–Crippen LogP) is 0.839. The Hall–Kier alpha value is -2.21. The van der Waals surface area contributed by atoms with Crippen molar-refractivity contribution in [3.63, 3.8) is 0 Å². The fraction of sp³-hybridized carbons (Fsp3) is 0.308. The first-order chi connectivity index (χ1) is 8.97. The van der Waals surface area contributed by atoms with Crippen molar-refractivity contribution in [3.05, 3.63) is 41.2 Å². The highest BCUT2D eigenvalue weighted by molar-refractivity contribution is 5.73. The Morgan fingerprint density at radius 3 is 2.89 bits per heavy atom. The van der Waals surface area contributed by atoms with Crippen molar-refractivity contribution < 1.29 is 9.90 Å². The SMILES string of the molecule is Cc1ccc(C)c(-n2cc(CC(N)C(=O)O)nn2)c1. The van der Waals surface area contributed by atoms with E-state index in [-0.39, 0.29) is 6.42 Å². The molecule has 1 unspecified atom stereocenters. The molecule has 3 N–H and O–H groups in total. The number of benzene rings is 1. The van der Waals surface area contributed by atoms with Crippen molar-refractivity contribution in [2.24, 2.45) is 5.73 Å². The lowest BCUT2D eigenvalue weighted by atomic mass is 10.1. The van der Waals surface area contributed by atoms with E-state index in [9.17, 15) is 4.79 Å². The highest BCUT2D eigenvalue weighted by Crippen LogP contribution is 2.15. The van der Waals surface area contributed by atoms with E-state index < -0.39 is 12.0 Å². The molecule has 0 saturated heterocycles. The molecule has 2 aromatic rings. The van der Waals surface area contributed by atoms with Gasteiger partial charge in [-0.1, -0.05) is 17.3 Å². The highest BCUT2D eigenvalue weighted by atomic mass is 16.4. The van der Waals surface area contributed by atoms with Crippen molar-refractivity contribution in [1.29, 1.82) is 0 Å². The maximum Gasteiger partial charge on any atom is 0.320 e. The molecule has 0 aliphatic rings. The predicted molar refractivity (Wildman–Crippen MR) is 70.1 cm³/mol. The van der Waals surface area contributed by atoms with Gasteiger partial charge in [-0.3, -0.25) is 4.79 Å². The van der Waals surface area contributed by atoms with Crippen LogP contribution in [0.5, 0.6) is 0 Å². The van der Waals surface area contributed by atoms with Gasteiger partial charge in [-0.25, -0.2) is 4.68 Å². The van der Waals surface area contributed by atoms with Crippen LogP contribution in [-0.4, -0.2) is 32.1 Å². The summed E-state index contributed by atoms with van der Waals surface area (Å²) in [6.07, 6.45) is 1.88. The lowest BCUT2D eigenvalue weighted by Gasteiger charge is -2.05. The van der Waals surface area contributed by atoms with Gasteiger partial charge in [-0.15, -0.1) is 5.10 Å². The zero-order chi connectivity index (χ0) is 14.0. The average molecular weight is 260 g/mol. The van der Waals surface area contributed by atoms with Crippen LogP contribution < -0.4 is 5.73 Å². The Morgan fingerprint density at radius 1 is 1.47 bits per heavy atom. The fourth-order valence-electron chi connectivity index (χ4n) is 1.79. The number of nitrogens with two attached hydrogens (primary N) is 1. The van der Waals surface area contributed by atoms with Gasteiger partial charge in [0, 0.05) is 6.42 Å². The summed E-state index contributed by atoms with van der Waals surface area (Å²) < 4.78 is 1.65. The summed E-state index contributed by atoms with van der Waals surface area (Å²) in [5.74, 6) is -1.04. The molecule has 0 spiro atoms. The summed E-state index contributed by atoms with van der Waals surface area (Å²) in [4.78, 5) is 10.7. The van der Waals surface area contributed by atoms with E-state index in [4.69, 9.17) is 10.8 Å². The number of aliphatic carboxylic acids is 1. The largest absolute Gasteiger partial charge is 0.480 e. The van der Waals surface area contributed by atoms with Crippen LogP contribution in [0.2, 0.25) is 0 Å². The summed E-state index contributed by atoms with van der Waals surface area (Å²) in [7, 11) is 0. The second-order valence-electron chi connectivity index (χ2n) is 4.59. The monoisotopic (exact) mass is 260 g/mol. The van der Waals surface area contributed by atoms with Crippen LogP contribution in [0.3, 0.4) is 0 Å². The van der Waals surface area contributed by atoms with E-state index >= 15 is 0 Å². The number of carboxylic acids is 1. The summed E-state index contributed by atoms with van der Waals surface area (Å²) in [6.45, 7) is 3.99. The van der Waals surface area contributed by atoms with Crippen molar-refractivity contribution in [1.82, 2.24) is 15.0 Å². The number of hydrogen-bond donors (Lipinski definition) is 2. The molecule has 6 heteroatoms. The second-order valence-corrected chi connectivity index (χ2v) is 4.59. The molecule has 1 aromatic heterocycles. The quantitative estimate of drug-likeness (QED) is 0.849. The first kappa shape index (κ1) is 13.2. The number of nitrogens with zero attached hydrogens (tertiary/aromatic N) is 3. The third-order valence-corrected chi connectivity index (χ3v) is 2.90. The van der Waals surface area contributed by atoms with Crippen molar-refractivity contribution >= 4 is 5.97 Å². The van der Waals surface area contributed by atoms with Gasteiger partial charge in [0.1, 0.15) is 6.04 Å². The molecule has 0 aliphatic heterocycles. The lowest BCUT2D eigenvalue weighted by Crippen LogP contribution is -2.32. The van der Waals surface area contributed by atoms with E-state index in [2.05, 4.69) is 10.3 Å². The molecule has 0 fully saturated rings. The number of carbonyl (C=O) groups is 1. The molecule has 100 valence electrons. The molecule has 0 bridgehead atoms. The lowest BCUT2D eigenvalue weighted by molar-refractivity contribution is -0.138. The van der Waals surface area contributed by atoms with E-state index in [1.165, 1.54) is 0 Å². The third-order valence-electron chi connectivity index (χ3n) is 2.90. The molecule has 1 aromatic carbocycles. The van der Waals surface area contributed by atoms with Crippen LogP contribution in [0.15, 0.2) is 24.4 Å². The Balaban J connectivity index is 2.26. The van der Waals surface area contributed by atoms with E-state index in [0.717, 1.165) is 16.8 Å². The highest BCUT2D eigenvalue weighted by Gasteiger charge is 2.15. The minimum Gasteiger partial charge on any atom is -0.480 e. The van der Waals surface area contributed by atoms with Crippen LogP contribution in [0.25, 0.3) is 5.69 Å². The number of hydrogen-bond acceptors (Lipinski definition) is 4. The van der Waals surface area contributed by atoms with Crippen LogP contribution >= 0.6 is 0 Å². The topological polar surface area (TPSA) is 94.0 Å². The number of carboxylic acid groups (broad SMARTS) is 1. The smallest absolute Gasteiger partial charge is 0.320 e. The Labute approximate surface area is 110 Å². The maximum atomic E-state index is 10.7. The standard InChI is InChI=1S/C13H16N4O2/c1-8-3-4-9(2)12(5-8)17-7-10(15-16-17)6-11(14)13(18)19/h3-5,7,11H,6,14H2,1-2H3,(H,18,19). The van der Waals surface area contributed by atoms with Gasteiger partial charge in [0.25, 0.3) is 0 Å². The molecule has 0 radical (unpaired) electrons. The van der Waals surface area contributed by atoms with Gasteiger partial charge < -0.3 is 10.8 Å². The van der Waals surface area contributed by atoms with Crippen LogP contribution in [0, 0.1) is 13.8 Å². The third kappa shape index (κ3) is 2.97. The molecule has 6 nitrogen and oxygen atoms in total. The van der Waals surface area contributed by atoms with Gasteiger partial charge in [0.05, 0.1) is 17.6 Å². The molecule has 1 atom stereocenters. The van der Waals surface area contributed by atoms with Crippen LogP contribution in [0.4, 0.5) is 0 Å². The molecule has 0 aliphatic carbocycles. The first-order valence-electron chi connectivity index (χ1n) is 5.94. The summed E-state index contributed by atoms with van der Waals surface area (Å²) >= 11 is 0. The number of rotatable bonds is 4. The minimum absolute atomic E-state index is 0.167. The zero-order valence-electron chi connectivity index (χ0n) is 10.9. The Bertz CT molecular complexity index is 606. The van der Waals surface area contributed by atoms with Crippen molar-refractivity contribution in [2.45, 2.75) is 26.3 Å². The van der Waals surface area contributed by atoms with E-state index in [1.807, 2.05) is 32.0 Å². The molecule has 1 heterocycles. The average Bonchev–Trinajstić information content (AvgIpc) is 2.80.